The minimum atomic E-state index is 0.116. The molecule has 1 aromatic carbocycles. The summed E-state index contributed by atoms with van der Waals surface area (Å²) in [5, 5.41) is 3.60. The highest BCUT2D eigenvalue weighted by Crippen LogP contribution is 2.35. The molecular weight excluding hydrogens is 186 g/mol. The normalized spacial score (nSPS) is 23.7. The molecule has 0 fully saturated rings. The Labute approximate surface area is 91.6 Å². The fourth-order valence-electron chi connectivity index (χ4n) is 2.36. The van der Waals surface area contributed by atoms with Crippen molar-refractivity contribution in [1.82, 2.24) is 0 Å². The highest BCUT2D eigenvalue weighted by molar-refractivity contribution is 5.60. The second-order valence-electron chi connectivity index (χ2n) is 4.53. The SMILES string of the molecule is CCC1(COC)Cc2cc(C)ccc2N1. The monoisotopic (exact) mass is 205 g/mol. The lowest BCUT2D eigenvalue weighted by atomic mass is 9.93. The van der Waals surface area contributed by atoms with E-state index in [0.717, 1.165) is 19.4 Å². The summed E-state index contributed by atoms with van der Waals surface area (Å²) in [6.07, 6.45) is 2.17. The highest BCUT2D eigenvalue weighted by Gasteiger charge is 2.34. The van der Waals surface area contributed by atoms with Crippen molar-refractivity contribution in [3.8, 4) is 0 Å². The van der Waals surface area contributed by atoms with E-state index in [1.165, 1.54) is 16.8 Å². The Kier molecular flexibility index (Phi) is 2.70. The first-order valence-corrected chi connectivity index (χ1v) is 5.56. The Morgan fingerprint density at radius 1 is 1.47 bits per heavy atom. The Balaban J connectivity index is 2.26. The number of anilines is 1. The molecule has 15 heavy (non-hydrogen) atoms. The summed E-state index contributed by atoms with van der Waals surface area (Å²) in [6.45, 7) is 5.13. The van der Waals surface area contributed by atoms with Gasteiger partial charge in [-0.3, -0.25) is 0 Å². The van der Waals surface area contributed by atoms with Crippen LogP contribution in [-0.2, 0) is 11.2 Å². The Hall–Kier alpha value is -1.02. The second-order valence-corrected chi connectivity index (χ2v) is 4.53. The van der Waals surface area contributed by atoms with Gasteiger partial charge in [0.1, 0.15) is 0 Å². The molecule has 0 saturated heterocycles. The maximum absolute atomic E-state index is 5.32. The number of hydrogen-bond acceptors (Lipinski definition) is 2. The van der Waals surface area contributed by atoms with Gasteiger partial charge in [-0.1, -0.05) is 24.6 Å². The predicted molar refractivity (Wildman–Crippen MR) is 63.4 cm³/mol. The standard InChI is InChI=1S/C13H19NO/c1-4-13(9-15-3)8-11-7-10(2)5-6-12(11)14-13/h5-7,14H,4,8-9H2,1-3H3. The minimum Gasteiger partial charge on any atom is -0.382 e. The van der Waals surface area contributed by atoms with Crippen LogP contribution >= 0.6 is 0 Å². The molecule has 2 heteroatoms. The van der Waals surface area contributed by atoms with Gasteiger partial charge in [0.15, 0.2) is 0 Å². The topological polar surface area (TPSA) is 21.3 Å². The van der Waals surface area contributed by atoms with Crippen molar-refractivity contribution < 1.29 is 4.74 Å². The summed E-state index contributed by atoms with van der Waals surface area (Å²) in [4.78, 5) is 0. The van der Waals surface area contributed by atoms with Crippen molar-refractivity contribution in [2.24, 2.45) is 0 Å². The molecule has 1 aliphatic rings. The highest BCUT2D eigenvalue weighted by atomic mass is 16.5. The zero-order chi connectivity index (χ0) is 10.9. The average molecular weight is 205 g/mol. The van der Waals surface area contributed by atoms with Crippen LogP contribution in [0.15, 0.2) is 18.2 Å². The largest absolute Gasteiger partial charge is 0.382 e. The van der Waals surface area contributed by atoms with Crippen molar-refractivity contribution in [3.05, 3.63) is 29.3 Å². The maximum atomic E-state index is 5.32. The number of rotatable bonds is 3. The van der Waals surface area contributed by atoms with Gasteiger partial charge in [-0.05, 0) is 31.4 Å². The van der Waals surface area contributed by atoms with Crippen molar-refractivity contribution in [1.29, 1.82) is 0 Å². The lowest BCUT2D eigenvalue weighted by Gasteiger charge is -2.27. The number of hydrogen-bond donors (Lipinski definition) is 1. The Bertz CT molecular complexity index is 362. The van der Waals surface area contributed by atoms with Crippen molar-refractivity contribution in [3.63, 3.8) is 0 Å². The van der Waals surface area contributed by atoms with E-state index in [1.54, 1.807) is 7.11 Å². The molecule has 0 bridgehead atoms. The summed E-state index contributed by atoms with van der Waals surface area (Å²) in [5.41, 5.74) is 4.15. The maximum Gasteiger partial charge on any atom is 0.0695 e. The van der Waals surface area contributed by atoms with Gasteiger partial charge in [0.05, 0.1) is 12.1 Å². The van der Waals surface area contributed by atoms with Gasteiger partial charge in [0.2, 0.25) is 0 Å². The van der Waals surface area contributed by atoms with Gasteiger partial charge in [0, 0.05) is 12.8 Å². The number of methoxy groups -OCH3 is 1. The molecule has 0 saturated carbocycles. The predicted octanol–water partition coefficient (Wildman–Crippen LogP) is 2.76. The molecule has 1 unspecified atom stereocenters. The lowest BCUT2D eigenvalue weighted by Crippen LogP contribution is -2.40. The molecule has 1 heterocycles. The third-order valence-electron chi connectivity index (χ3n) is 3.29. The fraction of sp³-hybridized carbons (Fsp3) is 0.538. The molecular formula is C13H19NO. The molecule has 0 radical (unpaired) electrons. The summed E-state index contributed by atoms with van der Waals surface area (Å²) in [5.74, 6) is 0. The third kappa shape index (κ3) is 1.86. The van der Waals surface area contributed by atoms with Crippen molar-refractivity contribution in [2.75, 3.05) is 19.0 Å². The fourth-order valence-corrected chi connectivity index (χ4v) is 2.36. The number of ether oxygens (including phenoxy) is 1. The molecule has 2 nitrogen and oxygen atoms in total. The molecule has 1 aromatic rings. The molecule has 0 aromatic heterocycles. The molecule has 82 valence electrons. The number of fused-ring (bicyclic) bond motifs is 1. The van der Waals surface area contributed by atoms with Crippen LogP contribution in [0.25, 0.3) is 0 Å². The second kappa shape index (κ2) is 3.86. The smallest absolute Gasteiger partial charge is 0.0695 e. The molecule has 2 rings (SSSR count). The van der Waals surface area contributed by atoms with Crippen molar-refractivity contribution >= 4 is 5.69 Å². The Morgan fingerprint density at radius 3 is 2.93 bits per heavy atom. The number of aryl methyl sites for hydroxylation is 1. The van der Waals surface area contributed by atoms with E-state index in [0.29, 0.717) is 0 Å². The quantitative estimate of drug-likeness (QED) is 0.819. The number of nitrogens with one attached hydrogen (secondary N) is 1. The van der Waals surface area contributed by atoms with Crippen LogP contribution in [-0.4, -0.2) is 19.3 Å². The zero-order valence-corrected chi connectivity index (χ0v) is 9.76. The van der Waals surface area contributed by atoms with E-state index < -0.39 is 0 Å². The van der Waals surface area contributed by atoms with Crippen LogP contribution < -0.4 is 5.32 Å². The van der Waals surface area contributed by atoms with Crippen LogP contribution in [0.2, 0.25) is 0 Å². The third-order valence-corrected chi connectivity index (χ3v) is 3.29. The van der Waals surface area contributed by atoms with Gasteiger partial charge >= 0.3 is 0 Å². The van der Waals surface area contributed by atoms with Crippen LogP contribution in [0, 0.1) is 6.92 Å². The zero-order valence-electron chi connectivity index (χ0n) is 9.76. The minimum absolute atomic E-state index is 0.116. The first-order valence-electron chi connectivity index (χ1n) is 5.56. The van der Waals surface area contributed by atoms with Crippen molar-refractivity contribution in [2.45, 2.75) is 32.2 Å². The molecule has 1 N–H and O–H groups in total. The Morgan fingerprint density at radius 2 is 2.27 bits per heavy atom. The number of benzene rings is 1. The van der Waals surface area contributed by atoms with E-state index in [1.807, 2.05) is 0 Å². The summed E-state index contributed by atoms with van der Waals surface area (Å²) < 4.78 is 5.32. The van der Waals surface area contributed by atoms with E-state index >= 15 is 0 Å². The average Bonchev–Trinajstić information content (AvgIpc) is 2.56. The van der Waals surface area contributed by atoms with E-state index in [4.69, 9.17) is 4.74 Å². The molecule has 0 aliphatic carbocycles. The van der Waals surface area contributed by atoms with Gasteiger partial charge < -0.3 is 10.1 Å². The van der Waals surface area contributed by atoms with Gasteiger partial charge in [-0.2, -0.15) is 0 Å². The first-order chi connectivity index (χ1) is 7.19. The first kappa shape index (κ1) is 10.5. The van der Waals surface area contributed by atoms with Gasteiger partial charge in [-0.15, -0.1) is 0 Å². The van der Waals surface area contributed by atoms with Crippen LogP contribution in [0.3, 0.4) is 0 Å². The van der Waals surface area contributed by atoms with Gasteiger partial charge in [0.25, 0.3) is 0 Å². The molecule has 0 spiro atoms. The summed E-state index contributed by atoms with van der Waals surface area (Å²) in [6, 6.07) is 6.61. The van der Waals surface area contributed by atoms with E-state index in [9.17, 15) is 0 Å². The van der Waals surface area contributed by atoms with Crippen LogP contribution in [0.4, 0.5) is 5.69 Å². The molecule has 0 amide bonds. The van der Waals surface area contributed by atoms with Gasteiger partial charge in [-0.25, -0.2) is 0 Å². The summed E-state index contributed by atoms with van der Waals surface area (Å²) >= 11 is 0. The lowest BCUT2D eigenvalue weighted by molar-refractivity contribution is 0.143. The van der Waals surface area contributed by atoms with E-state index in [-0.39, 0.29) is 5.54 Å². The molecule has 1 aliphatic heterocycles. The molecule has 1 atom stereocenters. The summed E-state index contributed by atoms with van der Waals surface area (Å²) in [7, 11) is 1.77. The van der Waals surface area contributed by atoms with Crippen LogP contribution in [0.5, 0.6) is 0 Å². The van der Waals surface area contributed by atoms with Crippen LogP contribution in [0.1, 0.15) is 24.5 Å². The van der Waals surface area contributed by atoms with E-state index in [2.05, 4.69) is 37.4 Å².